The third-order valence-corrected chi connectivity index (χ3v) is 5.38. The molecule has 0 radical (unpaired) electrons. The van der Waals surface area contributed by atoms with Gasteiger partial charge in [-0.25, -0.2) is 19.3 Å². The quantitative estimate of drug-likeness (QED) is 0.478. The fraction of sp³-hybridized carbons (Fsp3) is 0.364. The van der Waals surface area contributed by atoms with Gasteiger partial charge in [-0.1, -0.05) is 0 Å². The maximum Gasteiger partial charge on any atom is 0.181 e. The molecule has 0 aromatic carbocycles. The maximum atomic E-state index is 5.58. The van der Waals surface area contributed by atoms with Crippen LogP contribution >= 0.6 is 0 Å². The third kappa shape index (κ3) is 3.77. The summed E-state index contributed by atoms with van der Waals surface area (Å²) in [6.45, 7) is 7.37. The van der Waals surface area contributed by atoms with Gasteiger partial charge in [0.1, 0.15) is 0 Å². The summed E-state index contributed by atoms with van der Waals surface area (Å²) in [5.41, 5.74) is 5.06. The molecule has 0 saturated heterocycles. The zero-order valence-electron chi connectivity index (χ0n) is 17.9. The number of pyridine rings is 1. The van der Waals surface area contributed by atoms with Crippen molar-refractivity contribution in [2.24, 2.45) is 0 Å². The molecule has 5 heterocycles. The first kappa shape index (κ1) is 19.7. The van der Waals surface area contributed by atoms with E-state index in [0.29, 0.717) is 25.6 Å². The Morgan fingerprint density at radius 1 is 1.13 bits per heavy atom. The first-order chi connectivity index (χ1) is 15.1. The van der Waals surface area contributed by atoms with Crippen molar-refractivity contribution in [3.8, 4) is 28.6 Å². The van der Waals surface area contributed by atoms with E-state index in [1.807, 2.05) is 41.4 Å². The largest absolute Gasteiger partial charge is 0.383 e. The van der Waals surface area contributed by atoms with Crippen LogP contribution in [0.25, 0.3) is 28.6 Å². The predicted octanol–water partition coefficient (Wildman–Crippen LogP) is 2.79. The van der Waals surface area contributed by atoms with E-state index >= 15 is 0 Å². The zero-order chi connectivity index (χ0) is 21.4. The minimum atomic E-state index is 0.555. The van der Waals surface area contributed by atoms with Crippen molar-refractivity contribution in [2.75, 3.05) is 20.3 Å². The zero-order valence-corrected chi connectivity index (χ0v) is 17.9. The van der Waals surface area contributed by atoms with E-state index in [9.17, 15) is 0 Å². The van der Waals surface area contributed by atoms with Crippen LogP contribution in [0.3, 0.4) is 0 Å². The summed E-state index contributed by atoms with van der Waals surface area (Å²) in [6, 6.07) is 8.05. The highest BCUT2D eigenvalue weighted by Gasteiger charge is 2.19. The van der Waals surface area contributed by atoms with Crippen molar-refractivity contribution in [1.82, 2.24) is 34.1 Å². The highest BCUT2D eigenvalue weighted by Crippen LogP contribution is 2.26. The van der Waals surface area contributed by atoms with Gasteiger partial charge in [-0.15, -0.1) is 0 Å². The Hall–Kier alpha value is -3.30. The van der Waals surface area contributed by atoms with Gasteiger partial charge in [0.15, 0.2) is 17.5 Å². The van der Waals surface area contributed by atoms with Gasteiger partial charge in [0.05, 0.1) is 32.1 Å². The second kappa shape index (κ2) is 8.09. The predicted molar refractivity (Wildman–Crippen MR) is 115 cm³/mol. The molecular weight excluding hydrogens is 394 g/mol. The van der Waals surface area contributed by atoms with Crippen molar-refractivity contribution in [2.45, 2.75) is 33.5 Å². The van der Waals surface area contributed by atoms with E-state index in [4.69, 9.17) is 19.6 Å². The summed E-state index contributed by atoms with van der Waals surface area (Å²) < 4.78 is 16.8. The van der Waals surface area contributed by atoms with Gasteiger partial charge in [0.25, 0.3) is 0 Å². The number of hydrogen-bond donors (Lipinski definition) is 0. The van der Waals surface area contributed by atoms with Gasteiger partial charge in [-0.05, 0) is 38.1 Å². The summed E-state index contributed by atoms with van der Waals surface area (Å²) in [6.07, 6.45) is 3.90. The Morgan fingerprint density at radius 2 is 2.03 bits per heavy atom. The van der Waals surface area contributed by atoms with Crippen LogP contribution in [0, 0.1) is 13.8 Å². The monoisotopic (exact) mass is 419 g/mol. The third-order valence-electron chi connectivity index (χ3n) is 5.38. The Kier molecular flexibility index (Phi) is 5.13. The average Bonchev–Trinajstić information content (AvgIpc) is 3.48. The number of rotatable bonds is 6. The summed E-state index contributed by atoms with van der Waals surface area (Å²) in [7, 11) is 1.69. The van der Waals surface area contributed by atoms with E-state index in [0.717, 1.165) is 53.0 Å². The average molecular weight is 419 g/mol. The molecule has 0 unspecified atom stereocenters. The number of hydrogen-bond acceptors (Lipinski definition) is 6. The van der Waals surface area contributed by atoms with Gasteiger partial charge < -0.3 is 14.0 Å². The van der Waals surface area contributed by atoms with E-state index in [1.165, 1.54) is 0 Å². The first-order valence-corrected chi connectivity index (χ1v) is 10.3. The van der Waals surface area contributed by atoms with Gasteiger partial charge in [0, 0.05) is 48.6 Å². The van der Waals surface area contributed by atoms with E-state index in [-0.39, 0.29) is 0 Å². The molecule has 1 aliphatic heterocycles. The lowest BCUT2D eigenvalue weighted by molar-refractivity contribution is 0.0850. The molecule has 0 amide bonds. The Bertz CT molecular complexity index is 1200. The normalized spacial score (nSPS) is 13.5. The number of ether oxygens (including phenoxy) is 2. The van der Waals surface area contributed by atoms with E-state index in [2.05, 4.69) is 26.9 Å². The summed E-state index contributed by atoms with van der Waals surface area (Å²) >= 11 is 0. The Labute approximate surface area is 180 Å². The van der Waals surface area contributed by atoms with Crippen LogP contribution in [0.5, 0.6) is 0 Å². The van der Waals surface area contributed by atoms with Crippen LogP contribution in [0.1, 0.15) is 17.1 Å². The van der Waals surface area contributed by atoms with Gasteiger partial charge in [-0.2, -0.15) is 10.2 Å². The number of nitrogens with zero attached hydrogens (tertiary/aromatic N) is 7. The molecule has 0 spiro atoms. The van der Waals surface area contributed by atoms with Crippen LogP contribution in [0.2, 0.25) is 0 Å². The van der Waals surface area contributed by atoms with Crippen LogP contribution in [0.15, 0.2) is 36.7 Å². The molecule has 0 bridgehead atoms. The van der Waals surface area contributed by atoms with Gasteiger partial charge >= 0.3 is 0 Å². The molecule has 0 aliphatic carbocycles. The molecular formula is C22H25N7O2. The van der Waals surface area contributed by atoms with E-state index < -0.39 is 0 Å². The fourth-order valence-electron chi connectivity index (χ4n) is 3.89. The van der Waals surface area contributed by atoms with Gasteiger partial charge in [-0.3, -0.25) is 0 Å². The Morgan fingerprint density at radius 3 is 2.81 bits per heavy atom. The fourth-order valence-corrected chi connectivity index (χ4v) is 3.89. The smallest absolute Gasteiger partial charge is 0.181 e. The maximum absolute atomic E-state index is 5.58. The molecule has 0 fully saturated rings. The topological polar surface area (TPSA) is 84.8 Å². The molecule has 9 heteroatoms. The van der Waals surface area contributed by atoms with Crippen molar-refractivity contribution < 1.29 is 9.47 Å². The standard InChI is InChI=1S/C22H25N7O2/c1-15-10-16(2)29(25-15)20-12-17(4-5-23-20)21-24-22(28(26-21)7-8-30-3)18-11-19-14-31-9-6-27(19)13-18/h4-5,10-13H,6-9,14H2,1-3H3. The van der Waals surface area contributed by atoms with Crippen LogP contribution in [0.4, 0.5) is 0 Å². The van der Waals surface area contributed by atoms with Crippen molar-refractivity contribution in [3.05, 3.63) is 53.7 Å². The molecule has 160 valence electrons. The number of methoxy groups -OCH3 is 1. The summed E-state index contributed by atoms with van der Waals surface area (Å²) in [4.78, 5) is 9.39. The van der Waals surface area contributed by atoms with E-state index in [1.54, 1.807) is 13.3 Å². The second-order valence-electron chi connectivity index (χ2n) is 7.68. The number of aromatic nitrogens is 7. The second-order valence-corrected chi connectivity index (χ2v) is 7.68. The molecule has 1 aliphatic rings. The molecule has 4 aromatic heterocycles. The summed E-state index contributed by atoms with van der Waals surface area (Å²) in [5.74, 6) is 2.21. The molecule has 9 nitrogen and oxygen atoms in total. The molecule has 4 aromatic rings. The van der Waals surface area contributed by atoms with Crippen LogP contribution < -0.4 is 0 Å². The molecule has 5 rings (SSSR count). The Balaban J connectivity index is 1.55. The molecule has 31 heavy (non-hydrogen) atoms. The molecule has 0 atom stereocenters. The summed E-state index contributed by atoms with van der Waals surface area (Å²) in [5, 5.41) is 9.33. The van der Waals surface area contributed by atoms with Crippen LogP contribution in [-0.4, -0.2) is 54.4 Å². The van der Waals surface area contributed by atoms with Gasteiger partial charge in [0.2, 0.25) is 0 Å². The molecule has 0 saturated carbocycles. The number of fused-ring (bicyclic) bond motifs is 1. The van der Waals surface area contributed by atoms with Crippen molar-refractivity contribution in [1.29, 1.82) is 0 Å². The lowest BCUT2D eigenvalue weighted by Crippen LogP contribution is -2.14. The highest BCUT2D eigenvalue weighted by atomic mass is 16.5. The first-order valence-electron chi connectivity index (χ1n) is 10.3. The molecule has 0 N–H and O–H groups in total. The van der Waals surface area contributed by atoms with Crippen LogP contribution in [-0.2, 0) is 29.2 Å². The lowest BCUT2D eigenvalue weighted by Gasteiger charge is -2.14. The van der Waals surface area contributed by atoms with Crippen molar-refractivity contribution >= 4 is 0 Å². The minimum Gasteiger partial charge on any atom is -0.383 e. The van der Waals surface area contributed by atoms with Crippen molar-refractivity contribution in [3.63, 3.8) is 0 Å². The number of aryl methyl sites for hydroxylation is 2. The highest BCUT2D eigenvalue weighted by molar-refractivity contribution is 5.63. The minimum absolute atomic E-state index is 0.555. The SMILES string of the molecule is COCCn1nc(-c2ccnc(-n3nc(C)cc3C)c2)nc1-c1cc2n(c1)CCOC2. The lowest BCUT2D eigenvalue weighted by atomic mass is 10.2.